The minimum atomic E-state index is -0.266. The van der Waals surface area contributed by atoms with Gasteiger partial charge < -0.3 is 10.1 Å². The summed E-state index contributed by atoms with van der Waals surface area (Å²) in [6, 6.07) is 10.5. The van der Waals surface area contributed by atoms with Gasteiger partial charge in [-0.2, -0.15) is 0 Å². The molecule has 0 saturated carbocycles. The van der Waals surface area contributed by atoms with Crippen LogP contribution in [0.3, 0.4) is 0 Å². The molecule has 1 N–H and O–H groups in total. The molecule has 0 heterocycles. The smallest absolute Gasteiger partial charge is 0.407 e. The minimum absolute atomic E-state index is 0.266. The highest BCUT2D eigenvalue weighted by molar-refractivity contribution is 5.66. The average molecular weight is 334 g/mol. The van der Waals surface area contributed by atoms with Gasteiger partial charge in [0, 0.05) is 6.54 Å². The predicted molar refractivity (Wildman–Crippen MR) is 101 cm³/mol. The molecule has 1 aromatic carbocycles. The average Bonchev–Trinajstić information content (AvgIpc) is 2.61. The molecule has 1 amide bonds. The number of benzene rings is 1. The molecule has 1 rings (SSSR count). The van der Waals surface area contributed by atoms with Crippen LogP contribution in [-0.4, -0.2) is 19.2 Å². The molecule has 0 aromatic heterocycles. The van der Waals surface area contributed by atoms with Crippen molar-refractivity contribution in [3.05, 3.63) is 35.9 Å². The maximum atomic E-state index is 11.5. The van der Waals surface area contributed by atoms with Gasteiger partial charge in [-0.3, -0.25) is 0 Å². The lowest BCUT2D eigenvalue weighted by molar-refractivity contribution is 0.143. The molecule has 0 spiro atoms. The van der Waals surface area contributed by atoms with Gasteiger partial charge in [0.2, 0.25) is 0 Å². The molecular weight excluding hydrogens is 298 g/mol. The van der Waals surface area contributed by atoms with E-state index in [0.29, 0.717) is 13.2 Å². The molecule has 0 aliphatic carbocycles. The first-order valence-electron chi connectivity index (χ1n) is 9.77. The number of ether oxygens (including phenoxy) is 1. The molecular formula is C21H35NO2. The fraction of sp³-hybridized carbons (Fsp3) is 0.667. The van der Waals surface area contributed by atoms with Gasteiger partial charge >= 0.3 is 6.09 Å². The molecule has 136 valence electrons. The molecule has 0 unspecified atom stereocenters. The molecule has 0 saturated heterocycles. The molecule has 0 radical (unpaired) electrons. The normalized spacial score (nSPS) is 10.5. The zero-order valence-electron chi connectivity index (χ0n) is 15.4. The van der Waals surface area contributed by atoms with Crippen molar-refractivity contribution >= 4 is 6.09 Å². The third-order valence-corrected chi connectivity index (χ3v) is 4.24. The van der Waals surface area contributed by atoms with Gasteiger partial charge in [0.25, 0.3) is 0 Å². The number of amides is 1. The summed E-state index contributed by atoms with van der Waals surface area (Å²) in [6.45, 7) is 3.49. The Labute approximate surface area is 148 Å². The van der Waals surface area contributed by atoms with Crippen molar-refractivity contribution in [1.29, 1.82) is 0 Å². The minimum Gasteiger partial charge on any atom is -0.450 e. The van der Waals surface area contributed by atoms with Crippen LogP contribution in [0.4, 0.5) is 4.79 Å². The zero-order chi connectivity index (χ0) is 17.3. The van der Waals surface area contributed by atoms with Crippen molar-refractivity contribution in [2.24, 2.45) is 0 Å². The number of unbranched alkanes of at least 4 members (excludes halogenated alkanes) is 8. The van der Waals surface area contributed by atoms with Crippen molar-refractivity contribution in [1.82, 2.24) is 5.32 Å². The van der Waals surface area contributed by atoms with Crippen molar-refractivity contribution in [3.63, 3.8) is 0 Å². The van der Waals surface area contributed by atoms with Crippen LogP contribution in [0.25, 0.3) is 0 Å². The van der Waals surface area contributed by atoms with Crippen LogP contribution in [0.1, 0.15) is 76.7 Å². The van der Waals surface area contributed by atoms with Gasteiger partial charge in [-0.1, -0.05) is 82.2 Å². The van der Waals surface area contributed by atoms with E-state index < -0.39 is 0 Å². The van der Waals surface area contributed by atoms with Crippen molar-refractivity contribution in [2.75, 3.05) is 13.2 Å². The maximum absolute atomic E-state index is 11.5. The summed E-state index contributed by atoms with van der Waals surface area (Å²) in [5, 5.41) is 2.83. The Kier molecular flexibility index (Phi) is 12.9. The number of rotatable bonds is 14. The van der Waals surface area contributed by atoms with E-state index in [-0.39, 0.29) is 6.09 Å². The highest BCUT2D eigenvalue weighted by atomic mass is 16.5. The molecule has 0 atom stereocenters. The fourth-order valence-electron chi connectivity index (χ4n) is 2.74. The predicted octanol–water partition coefficient (Wildman–Crippen LogP) is 5.88. The molecule has 0 fully saturated rings. The lowest BCUT2D eigenvalue weighted by Gasteiger charge is -2.07. The number of carbonyl (C=O) groups excluding carboxylic acids is 1. The van der Waals surface area contributed by atoms with Gasteiger partial charge in [0.1, 0.15) is 0 Å². The summed E-state index contributed by atoms with van der Waals surface area (Å²) in [5.74, 6) is 0. The summed E-state index contributed by atoms with van der Waals surface area (Å²) < 4.78 is 5.20. The third-order valence-electron chi connectivity index (χ3n) is 4.24. The number of carbonyl (C=O) groups is 1. The number of hydrogen-bond donors (Lipinski definition) is 1. The van der Waals surface area contributed by atoms with Gasteiger partial charge in [-0.25, -0.2) is 4.79 Å². The van der Waals surface area contributed by atoms with Crippen molar-refractivity contribution < 1.29 is 9.53 Å². The molecule has 1 aromatic rings. The van der Waals surface area contributed by atoms with E-state index in [4.69, 9.17) is 4.74 Å². The quantitative estimate of drug-likeness (QED) is 0.432. The highest BCUT2D eigenvalue weighted by Gasteiger charge is 2.01. The summed E-state index contributed by atoms with van der Waals surface area (Å²) in [6.07, 6.45) is 13.0. The van der Waals surface area contributed by atoms with E-state index in [1.807, 2.05) is 6.07 Å². The SMILES string of the molecule is CCCCCCCCCCOC(=O)NCCCCc1ccccc1. The Bertz CT molecular complexity index is 406. The van der Waals surface area contributed by atoms with E-state index in [9.17, 15) is 4.79 Å². The number of aryl methyl sites for hydroxylation is 1. The highest BCUT2D eigenvalue weighted by Crippen LogP contribution is 2.08. The van der Waals surface area contributed by atoms with E-state index >= 15 is 0 Å². The standard InChI is InChI=1S/C21H35NO2/c1-2-3-4-5-6-7-8-14-19-24-21(23)22-18-13-12-17-20-15-10-9-11-16-20/h9-11,15-16H,2-8,12-14,17-19H2,1H3,(H,22,23). The zero-order valence-corrected chi connectivity index (χ0v) is 15.4. The van der Waals surface area contributed by atoms with E-state index in [1.165, 1.54) is 44.1 Å². The van der Waals surface area contributed by atoms with E-state index in [2.05, 4.69) is 36.5 Å². The van der Waals surface area contributed by atoms with Crippen LogP contribution in [0.5, 0.6) is 0 Å². The van der Waals surface area contributed by atoms with Crippen LogP contribution < -0.4 is 5.32 Å². The Morgan fingerprint density at radius 3 is 2.25 bits per heavy atom. The molecule has 0 aliphatic heterocycles. The maximum Gasteiger partial charge on any atom is 0.407 e. The second-order valence-electron chi connectivity index (χ2n) is 6.48. The van der Waals surface area contributed by atoms with Gasteiger partial charge in [-0.05, 0) is 31.2 Å². The van der Waals surface area contributed by atoms with Crippen LogP contribution in [0.2, 0.25) is 0 Å². The van der Waals surface area contributed by atoms with E-state index in [0.717, 1.165) is 32.1 Å². The summed E-state index contributed by atoms with van der Waals surface area (Å²) in [7, 11) is 0. The van der Waals surface area contributed by atoms with Gasteiger partial charge in [0.15, 0.2) is 0 Å². The topological polar surface area (TPSA) is 38.3 Å². The summed E-state index contributed by atoms with van der Waals surface area (Å²) >= 11 is 0. The number of nitrogens with one attached hydrogen (secondary N) is 1. The van der Waals surface area contributed by atoms with Crippen molar-refractivity contribution in [2.45, 2.75) is 77.6 Å². The van der Waals surface area contributed by atoms with Gasteiger partial charge in [-0.15, -0.1) is 0 Å². The van der Waals surface area contributed by atoms with Crippen LogP contribution in [0, 0.1) is 0 Å². The Morgan fingerprint density at radius 2 is 1.54 bits per heavy atom. The Morgan fingerprint density at radius 1 is 0.875 bits per heavy atom. The lowest BCUT2D eigenvalue weighted by atomic mass is 10.1. The van der Waals surface area contributed by atoms with Gasteiger partial charge in [0.05, 0.1) is 6.61 Å². The van der Waals surface area contributed by atoms with E-state index in [1.54, 1.807) is 0 Å². The fourth-order valence-corrected chi connectivity index (χ4v) is 2.74. The molecule has 0 aliphatic rings. The first-order chi connectivity index (χ1) is 11.8. The van der Waals surface area contributed by atoms with Crippen LogP contribution >= 0.6 is 0 Å². The third kappa shape index (κ3) is 12.0. The molecule has 3 nitrogen and oxygen atoms in total. The van der Waals surface area contributed by atoms with Crippen LogP contribution in [-0.2, 0) is 11.2 Å². The van der Waals surface area contributed by atoms with Crippen LogP contribution in [0.15, 0.2) is 30.3 Å². The molecule has 24 heavy (non-hydrogen) atoms. The molecule has 3 heteroatoms. The Hall–Kier alpha value is -1.51. The second-order valence-corrected chi connectivity index (χ2v) is 6.48. The summed E-state index contributed by atoms with van der Waals surface area (Å²) in [4.78, 5) is 11.5. The largest absolute Gasteiger partial charge is 0.450 e. The lowest BCUT2D eigenvalue weighted by Crippen LogP contribution is -2.25. The van der Waals surface area contributed by atoms with Crippen molar-refractivity contribution in [3.8, 4) is 0 Å². The number of hydrogen-bond acceptors (Lipinski definition) is 2. The Balaban J connectivity index is 1.83. The second kappa shape index (κ2) is 15.0. The first-order valence-corrected chi connectivity index (χ1v) is 9.77. The monoisotopic (exact) mass is 333 g/mol. The number of alkyl carbamates (subject to hydrolysis) is 1. The first kappa shape index (κ1) is 20.5. The molecule has 0 bridgehead atoms. The summed E-state index contributed by atoms with van der Waals surface area (Å²) in [5.41, 5.74) is 1.36.